The highest BCUT2D eigenvalue weighted by atomic mass is 35.5. The molecule has 0 radical (unpaired) electrons. The Balaban J connectivity index is 0.000000980. The Hall–Kier alpha value is -0.530. The molecule has 76 valence electrons. The van der Waals surface area contributed by atoms with Crippen molar-refractivity contribution in [2.45, 2.75) is 12.8 Å². The predicted octanol–water partition coefficient (Wildman–Crippen LogP) is -0.518. The molecule has 0 N–H and O–H groups in total. The van der Waals surface area contributed by atoms with Gasteiger partial charge in [0.05, 0.1) is 5.56 Å². The maximum absolute atomic E-state index is 6.26. The molecule has 3 heteroatoms. The summed E-state index contributed by atoms with van der Waals surface area (Å²) in [5, 5.41) is 0.901. The van der Waals surface area contributed by atoms with Crippen molar-refractivity contribution in [3.63, 3.8) is 0 Å². The molecule has 1 aliphatic rings. The molecule has 1 nitrogen and oxygen atoms in total. The van der Waals surface area contributed by atoms with E-state index in [0.29, 0.717) is 0 Å². The van der Waals surface area contributed by atoms with Crippen LogP contribution in [0.5, 0.6) is 0 Å². The Morgan fingerprint density at radius 1 is 1.07 bits per heavy atom. The first-order chi connectivity index (χ1) is 6.38. The standard InChI is InChI=1S/C11H13ClN.ClH/c12-11(13-8-4-5-9-13)10-6-2-1-3-7-10;/h1-3,6-7H,4-5,8-9H2;1H/q+1;/p-1. The second-order valence-corrected chi connectivity index (χ2v) is 3.71. The zero-order valence-electron chi connectivity index (χ0n) is 7.92. The Bertz CT molecular complexity index is 311. The summed E-state index contributed by atoms with van der Waals surface area (Å²) in [7, 11) is 0. The molecule has 1 aromatic rings. The molecule has 1 heterocycles. The van der Waals surface area contributed by atoms with E-state index in [1.165, 1.54) is 12.8 Å². The number of nitrogens with zero attached hydrogens (tertiary/aromatic N) is 1. The van der Waals surface area contributed by atoms with Gasteiger partial charge < -0.3 is 12.4 Å². The molecule has 0 aliphatic carbocycles. The van der Waals surface area contributed by atoms with Gasteiger partial charge in [-0.25, -0.2) is 4.58 Å². The van der Waals surface area contributed by atoms with Crippen LogP contribution < -0.4 is 12.4 Å². The second-order valence-electron chi connectivity index (χ2n) is 3.35. The van der Waals surface area contributed by atoms with Gasteiger partial charge in [0.2, 0.25) is 0 Å². The Morgan fingerprint density at radius 3 is 2.21 bits per heavy atom. The summed E-state index contributed by atoms with van der Waals surface area (Å²) in [5.41, 5.74) is 1.13. The number of hydrogen-bond acceptors (Lipinski definition) is 0. The summed E-state index contributed by atoms with van der Waals surface area (Å²) in [5.74, 6) is 0. The number of halogens is 2. The van der Waals surface area contributed by atoms with E-state index in [1.807, 2.05) is 18.2 Å². The third kappa shape index (κ3) is 2.49. The van der Waals surface area contributed by atoms with E-state index in [9.17, 15) is 0 Å². The van der Waals surface area contributed by atoms with Crippen LogP contribution in [0.15, 0.2) is 30.3 Å². The Morgan fingerprint density at radius 2 is 1.64 bits per heavy atom. The van der Waals surface area contributed by atoms with E-state index in [0.717, 1.165) is 23.8 Å². The SMILES string of the molecule is ClC(c1ccccc1)=[N+]1CCCC1.[Cl-]. The fourth-order valence-corrected chi connectivity index (χ4v) is 1.97. The lowest BCUT2D eigenvalue weighted by Gasteiger charge is -1.97. The monoisotopic (exact) mass is 229 g/mol. The number of benzene rings is 1. The van der Waals surface area contributed by atoms with Crippen molar-refractivity contribution in [2.24, 2.45) is 0 Å². The van der Waals surface area contributed by atoms with Crippen molar-refractivity contribution in [1.29, 1.82) is 0 Å². The van der Waals surface area contributed by atoms with Gasteiger partial charge in [-0.15, -0.1) is 0 Å². The molecule has 0 saturated carbocycles. The topological polar surface area (TPSA) is 3.01 Å². The lowest BCUT2D eigenvalue weighted by atomic mass is 10.2. The van der Waals surface area contributed by atoms with Crippen molar-refractivity contribution in [3.8, 4) is 0 Å². The molecule has 1 fully saturated rings. The minimum absolute atomic E-state index is 0. The van der Waals surface area contributed by atoms with Crippen LogP contribution in [-0.4, -0.2) is 22.8 Å². The van der Waals surface area contributed by atoms with Crippen LogP contribution in [0.4, 0.5) is 0 Å². The molecule has 0 unspecified atom stereocenters. The largest absolute Gasteiger partial charge is 1.00 e. The molecule has 0 aromatic heterocycles. The minimum atomic E-state index is 0. The summed E-state index contributed by atoms with van der Waals surface area (Å²) in [6.45, 7) is 2.21. The molecule has 0 amide bonds. The fraction of sp³-hybridized carbons (Fsp3) is 0.364. The third-order valence-electron chi connectivity index (χ3n) is 2.40. The molecular weight excluding hydrogens is 217 g/mol. The number of rotatable bonds is 1. The zero-order valence-corrected chi connectivity index (χ0v) is 9.43. The van der Waals surface area contributed by atoms with E-state index in [1.54, 1.807) is 0 Å². The molecule has 2 rings (SSSR count). The summed E-state index contributed by atoms with van der Waals surface area (Å²) < 4.78 is 2.25. The van der Waals surface area contributed by atoms with Gasteiger partial charge in [-0.05, 0) is 23.7 Å². The molecule has 1 aromatic carbocycles. The molecule has 0 bridgehead atoms. The van der Waals surface area contributed by atoms with Gasteiger partial charge in [0.15, 0.2) is 0 Å². The Labute approximate surface area is 95.8 Å². The lowest BCUT2D eigenvalue weighted by Crippen LogP contribution is -3.00. The molecular formula is C11H13Cl2N. The van der Waals surface area contributed by atoms with Gasteiger partial charge in [-0.1, -0.05) is 18.2 Å². The van der Waals surface area contributed by atoms with Crippen LogP contribution in [0.3, 0.4) is 0 Å². The highest BCUT2D eigenvalue weighted by molar-refractivity contribution is 6.68. The minimum Gasteiger partial charge on any atom is -1.00 e. The van der Waals surface area contributed by atoms with Crippen molar-refractivity contribution in [1.82, 2.24) is 0 Å². The van der Waals surface area contributed by atoms with Crippen LogP contribution in [0.2, 0.25) is 0 Å². The van der Waals surface area contributed by atoms with E-state index in [4.69, 9.17) is 11.6 Å². The van der Waals surface area contributed by atoms with Crippen LogP contribution >= 0.6 is 11.6 Å². The summed E-state index contributed by atoms with van der Waals surface area (Å²) in [4.78, 5) is 0. The van der Waals surface area contributed by atoms with E-state index < -0.39 is 0 Å². The normalized spacial score (nSPS) is 15.1. The van der Waals surface area contributed by atoms with Crippen LogP contribution in [0.25, 0.3) is 0 Å². The van der Waals surface area contributed by atoms with Crippen molar-refractivity contribution >= 4 is 16.8 Å². The first kappa shape index (κ1) is 11.5. The average molecular weight is 230 g/mol. The van der Waals surface area contributed by atoms with Gasteiger partial charge in [-0.2, -0.15) is 0 Å². The smallest absolute Gasteiger partial charge is 0.276 e. The molecule has 14 heavy (non-hydrogen) atoms. The van der Waals surface area contributed by atoms with Gasteiger partial charge in [0.1, 0.15) is 13.1 Å². The quantitative estimate of drug-likeness (QED) is 0.571. The molecule has 0 spiro atoms. The summed E-state index contributed by atoms with van der Waals surface area (Å²) in [6.07, 6.45) is 2.53. The fourth-order valence-electron chi connectivity index (χ4n) is 1.67. The lowest BCUT2D eigenvalue weighted by molar-refractivity contribution is -0.503. The van der Waals surface area contributed by atoms with Crippen molar-refractivity contribution in [2.75, 3.05) is 13.1 Å². The summed E-state index contributed by atoms with van der Waals surface area (Å²) in [6, 6.07) is 10.2. The van der Waals surface area contributed by atoms with E-state index in [2.05, 4.69) is 16.7 Å². The maximum Gasteiger partial charge on any atom is 0.276 e. The van der Waals surface area contributed by atoms with Crippen LogP contribution in [0, 0.1) is 0 Å². The molecule has 1 saturated heterocycles. The van der Waals surface area contributed by atoms with Gasteiger partial charge in [0.25, 0.3) is 5.17 Å². The average Bonchev–Trinajstić information content (AvgIpc) is 2.71. The maximum atomic E-state index is 6.26. The number of hydrogen-bond donors (Lipinski definition) is 0. The molecule has 0 atom stereocenters. The van der Waals surface area contributed by atoms with E-state index in [-0.39, 0.29) is 12.4 Å². The van der Waals surface area contributed by atoms with Crippen LogP contribution in [-0.2, 0) is 0 Å². The van der Waals surface area contributed by atoms with Crippen molar-refractivity contribution in [3.05, 3.63) is 35.9 Å². The zero-order chi connectivity index (χ0) is 9.10. The van der Waals surface area contributed by atoms with Crippen molar-refractivity contribution < 1.29 is 17.0 Å². The van der Waals surface area contributed by atoms with E-state index >= 15 is 0 Å². The first-order valence-electron chi connectivity index (χ1n) is 4.71. The highest BCUT2D eigenvalue weighted by Gasteiger charge is 2.18. The molecule has 1 aliphatic heterocycles. The van der Waals surface area contributed by atoms with Gasteiger partial charge >= 0.3 is 0 Å². The van der Waals surface area contributed by atoms with Crippen LogP contribution in [0.1, 0.15) is 18.4 Å². The highest BCUT2D eigenvalue weighted by Crippen LogP contribution is 2.09. The van der Waals surface area contributed by atoms with Gasteiger partial charge in [0, 0.05) is 12.8 Å². The predicted molar refractivity (Wildman–Crippen MR) is 55.6 cm³/mol. The Kier molecular flexibility index (Phi) is 4.43. The second kappa shape index (κ2) is 5.38. The third-order valence-corrected chi connectivity index (χ3v) is 2.85. The van der Waals surface area contributed by atoms with Gasteiger partial charge in [-0.3, -0.25) is 0 Å². The first-order valence-corrected chi connectivity index (χ1v) is 5.08. The summed E-state index contributed by atoms with van der Waals surface area (Å²) >= 11 is 6.26.